The molecule has 33 heavy (non-hydrogen) atoms. The van der Waals surface area contributed by atoms with Gasteiger partial charge in [0.05, 0.1) is 12.7 Å². The van der Waals surface area contributed by atoms with E-state index in [2.05, 4.69) is 60.5 Å². The molecule has 1 atom stereocenters. The molecule has 0 bridgehead atoms. The molecule has 5 nitrogen and oxygen atoms in total. The number of hydrogen-bond acceptors (Lipinski definition) is 4. The molecule has 0 amide bonds. The lowest BCUT2D eigenvalue weighted by atomic mass is 9.68. The molecule has 2 heterocycles. The first-order valence-corrected chi connectivity index (χ1v) is 11.3. The Kier molecular flexibility index (Phi) is 5.00. The van der Waals surface area contributed by atoms with E-state index in [0.29, 0.717) is 17.6 Å². The molecule has 0 fully saturated rings. The Bertz CT molecular complexity index is 1360. The molecule has 0 saturated heterocycles. The number of allylic oxidation sites excluding steroid dienone is 3. The number of carbonyl (C=O) groups is 2. The number of esters is 1. The number of methoxy groups -OCH3 is 1. The van der Waals surface area contributed by atoms with Crippen LogP contribution in [-0.4, -0.2) is 23.8 Å². The highest BCUT2D eigenvalue weighted by Crippen LogP contribution is 2.47. The molecular weight excluding hydrogens is 412 g/mol. The normalized spacial score (nSPS) is 20.0. The molecule has 1 aromatic heterocycles. The molecule has 5 heteroatoms. The summed E-state index contributed by atoms with van der Waals surface area (Å²) in [6.45, 7) is 6.11. The number of nitrogens with one attached hydrogen (secondary N) is 2. The number of hydrogen-bond donors (Lipinski definition) is 2. The van der Waals surface area contributed by atoms with Crippen molar-refractivity contribution in [1.82, 2.24) is 10.3 Å². The predicted molar refractivity (Wildman–Crippen MR) is 129 cm³/mol. The maximum atomic E-state index is 13.4. The van der Waals surface area contributed by atoms with Gasteiger partial charge in [0.25, 0.3) is 0 Å². The predicted octanol–water partition coefficient (Wildman–Crippen LogP) is 5.61. The average Bonchev–Trinajstić information content (AvgIpc) is 3.25. The van der Waals surface area contributed by atoms with Gasteiger partial charge in [-0.05, 0) is 59.0 Å². The minimum absolute atomic E-state index is 0.0896. The molecule has 0 spiro atoms. The quantitative estimate of drug-likeness (QED) is 0.519. The van der Waals surface area contributed by atoms with E-state index in [4.69, 9.17) is 4.74 Å². The van der Waals surface area contributed by atoms with Crippen LogP contribution in [0.4, 0.5) is 0 Å². The zero-order valence-corrected chi connectivity index (χ0v) is 19.4. The summed E-state index contributed by atoms with van der Waals surface area (Å²) in [5.41, 5.74) is 6.88. The second-order valence-corrected chi connectivity index (χ2v) is 9.83. The summed E-state index contributed by atoms with van der Waals surface area (Å²) >= 11 is 0. The Morgan fingerprint density at radius 3 is 2.64 bits per heavy atom. The molecule has 2 aliphatic rings. The lowest BCUT2D eigenvalue weighted by Crippen LogP contribution is -2.38. The molecule has 0 saturated carbocycles. The summed E-state index contributed by atoms with van der Waals surface area (Å²) < 4.78 is 5.15. The van der Waals surface area contributed by atoms with Gasteiger partial charge in [0.2, 0.25) is 0 Å². The Hall–Kier alpha value is -3.60. The number of Topliss-reactive ketones (excluding diaryl/α,β-unsaturated/α-hetero) is 1. The summed E-state index contributed by atoms with van der Waals surface area (Å²) in [7, 11) is 1.39. The average molecular weight is 441 g/mol. The minimum Gasteiger partial charge on any atom is -0.466 e. The fourth-order valence-corrected chi connectivity index (χ4v) is 5.28. The first-order valence-electron chi connectivity index (χ1n) is 11.3. The van der Waals surface area contributed by atoms with Crippen LogP contribution in [-0.2, 0) is 14.3 Å². The van der Waals surface area contributed by atoms with Crippen molar-refractivity contribution < 1.29 is 14.3 Å². The lowest BCUT2D eigenvalue weighted by Gasteiger charge is -2.39. The van der Waals surface area contributed by atoms with Gasteiger partial charge in [-0.25, -0.2) is 4.79 Å². The van der Waals surface area contributed by atoms with Crippen molar-refractivity contribution in [2.45, 2.75) is 39.5 Å². The largest absolute Gasteiger partial charge is 0.466 e. The Balaban J connectivity index is 1.66. The van der Waals surface area contributed by atoms with Gasteiger partial charge < -0.3 is 15.0 Å². The van der Waals surface area contributed by atoms with Crippen LogP contribution in [0.15, 0.2) is 77.3 Å². The first-order chi connectivity index (χ1) is 15.8. The van der Waals surface area contributed by atoms with Crippen molar-refractivity contribution in [2.75, 3.05) is 7.11 Å². The second-order valence-electron chi connectivity index (χ2n) is 9.83. The number of benzene rings is 2. The van der Waals surface area contributed by atoms with E-state index in [0.717, 1.165) is 45.4 Å². The molecule has 0 radical (unpaired) electrons. The van der Waals surface area contributed by atoms with Gasteiger partial charge in [-0.15, -0.1) is 0 Å². The van der Waals surface area contributed by atoms with Gasteiger partial charge in [0, 0.05) is 41.0 Å². The number of H-pyrrole nitrogens is 1. The van der Waals surface area contributed by atoms with Gasteiger partial charge in [-0.1, -0.05) is 44.2 Å². The van der Waals surface area contributed by atoms with Crippen LogP contribution in [0.1, 0.15) is 45.1 Å². The van der Waals surface area contributed by atoms with Gasteiger partial charge in [-0.2, -0.15) is 0 Å². The molecule has 1 aliphatic carbocycles. The summed E-state index contributed by atoms with van der Waals surface area (Å²) in [4.78, 5) is 29.5. The number of aromatic amines is 1. The fraction of sp³-hybridized carbons (Fsp3) is 0.286. The second kappa shape index (κ2) is 7.77. The fourth-order valence-electron chi connectivity index (χ4n) is 5.28. The summed E-state index contributed by atoms with van der Waals surface area (Å²) in [5, 5.41) is 4.51. The van der Waals surface area contributed by atoms with Crippen LogP contribution in [0.2, 0.25) is 0 Å². The maximum Gasteiger partial charge on any atom is 0.336 e. The standard InChI is InChI=1S/C28H28N2O3/c1-16-24(27(32)33-4)25(26-22(30-16)14-28(2,3)15-23(26)31)20-7-5-6-17(13-20)18-8-9-21-19(12-18)10-11-29-21/h5-13,25,29-30H,14-15H2,1-4H3/t25-/m1/s1. The zero-order valence-electron chi connectivity index (χ0n) is 19.4. The molecule has 2 N–H and O–H groups in total. The van der Waals surface area contributed by atoms with Gasteiger partial charge in [0.1, 0.15) is 0 Å². The van der Waals surface area contributed by atoms with Crippen molar-refractivity contribution in [3.8, 4) is 11.1 Å². The highest BCUT2D eigenvalue weighted by molar-refractivity contribution is 6.04. The van der Waals surface area contributed by atoms with E-state index in [1.165, 1.54) is 7.11 Å². The Morgan fingerprint density at radius 1 is 1.06 bits per heavy atom. The van der Waals surface area contributed by atoms with Crippen LogP contribution in [0.3, 0.4) is 0 Å². The third-order valence-electron chi connectivity index (χ3n) is 6.75. The number of rotatable bonds is 3. The van der Waals surface area contributed by atoms with Gasteiger partial charge in [-0.3, -0.25) is 4.79 Å². The van der Waals surface area contributed by atoms with Crippen molar-refractivity contribution in [3.63, 3.8) is 0 Å². The molecule has 0 unspecified atom stereocenters. The zero-order chi connectivity index (χ0) is 23.3. The van der Waals surface area contributed by atoms with Crippen LogP contribution in [0, 0.1) is 5.41 Å². The lowest BCUT2D eigenvalue weighted by molar-refractivity contribution is -0.136. The monoisotopic (exact) mass is 440 g/mol. The number of carbonyl (C=O) groups excluding carboxylic acids is 2. The summed E-state index contributed by atoms with van der Waals surface area (Å²) in [5.74, 6) is -0.770. The van der Waals surface area contributed by atoms with E-state index >= 15 is 0 Å². The van der Waals surface area contributed by atoms with E-state index in [9.17, 15) is 9.59 Å². The molecule has 5 rings (SSSR count). The molecule has 1 aliphatic heterocycles. The van der Waals surface area contributed by atoms with Crippen LogP contribution >= 0.6 is 0 Å². The molecule has 3 aromatic rings. The van der Waals surface area contributed by atoms with Gasteiger partial charge >= 0.3 is 5.97 Å². The highest BCUT2D eigenvalue weighted by Gasteiger charge is 2.43. The number of ketones is 1. The minimum atomic E-state index is -0.451. The third-order valence-corrected chi connectivity index (χ3v) is 6.75. The van der Waals surface area contributed by atoms with Crippen molar-refractivity contribution in [2.24, 2.45) is 5.41 Å². The topological polar surface area (TPSA) is 71.2 Å². The third kappa shape index (κ3) is 3.67. The smallest absolute Gasteiger partial charge is 0.336 e. The number of fused-ring (bicyclic) bond motifs is 1. The Morgan fingerprint density at radius 2 is 1.85 bits per heavy atom. The first kappa shape index (κ1) is 21.3. The van der Waals surface area contributed by atoms with E-state index < -0.39 is 11.9 Å². The maximum absolute atomic E-state index is 13.4. The van der Waals surface area contributed by atoms with Crippen LogP contribution < -0.4 is 5.32 Å². The van der Waals surface area contributed by atoms with E-state index in [-0.39, 0.29) is 11.2 Å². The van der Waals surface area contributed by atoms with Crippen LogP contribution in [0.5, 0.6) is 0 Å². The highest BCUT2D eigenvalue weighted by atomic mass is 16.5. The van der Waals surface area contributed by atoms with E-state index in [1.807, 2.05) is 25.3 Å². The number of ether oxygens (including phenoxy) is 1. The SMILES string of the molecule is COC(=O)C1=C(C)NC2=C(C(=O)CC(C)(C)C2)[C@@H]1c1cccc(-c2ccc3[nH]ccc3c2)c1. The number of dihydropyridines is 1. The van der Waals surface area contributed by atoms with E-state index in [1.54, 1.807) is 0 Å². The van der Waals surface area contributed by atoms with Gasteiger partial charge in [0.15, 0.2) is 5.78 Å². The van der Waals surface area contributed by atoms with Crippen molar-refractivity contribution in [3.05, 3.63) is 82.8 Å². The summed E-state index contributed by atoms with van der Waals surface area (Å²) in [6.07, 6.45) is 3.15. The van der Waals surface area contributed by atoms with Crippen molar-refractivity contribution >= 4 is 22.7 Å². The molecule has 168 valence electrons. The Labute approximate surface area is 193 Å². The number of aromatic nitrogens is 1. The summed E-state index contributed by atoms with van der Waals surface area (Å²) in [6, 6.07) is 16.5. The molecular formula is C28H28N2O3. The molecule has 2 aromatic carbocycles. The van der Waals surface area contributed by atoms with Crippen molar-refractivity contribution in [1.29, 1.82) is 0 Å². The van der Waals surface area contributed by atoms with Crippen LogP contribution in [0.25, 0.3) is 22.0 Å².